The van der Waals surface area contributed by atoms with Crippen LogP contribution < -0.4 is 5.32 Å². The molecule has 0 bridgehead atoms. The molecular formula is C14H15Cl2NO2S. The van der Waals surface area contributed by atoms with Crippen LogP contribution in [0.4, 0.5) is 0 Å². The molecule has 0 spiro atoms. The lowest BCUT2D eigenvalue weighted by Crippen LogP contribution is -2.41. The van der Waals surface area contributed by atoms with E-state index < -0.39 is 6.10 Å². The summed E-state index contributed by atoms with van der Waals surface area (Å²) in [6.07, 6.45) is -0.309. The smallest absolute Gasteiger partial charge is 0.234 e. The molecule has 0 fully saturated rings. The van der Waals surface area contributed by atoms with E-state index in [4.69, 9.17) is 23.2 Å². The van der Waals surface area contributed by atoms with Gasteiger partial charge < -0.3 is 10.4 Å². The topological polar surface area (TPSA) is 49.3 Å². The van der Waals surface area contributed by atoms with Crippen molar-refractivity contribution in [3.05, 3.63) is 45.3 Å². The van der Waals surface area contributed by atoms with E-state index in [9.17, 15) is 9.90 Å². The first-order valence-electron chi connectivity index (χ1n) is 6.23. The van der Waals surface area contributed by atoms with Crippen molar-refractivity contribution in [3.8, 4) is 0 Å². The summed E-state index contributed by atoms with van der Waals surface area (Å²) in [6.45, 7) is 1.77. The number of amides is 1. The highest BCUT2D eigenvalue weighted by Gasteiger charge is 2.30. The Morgan fingerprint density at radius 2 is 2.05 bits per heavy atom. The third-order valence-electron chi connectivity index (χ3n) is 3.10. The summed E-state index contributed by atoms with van der Waals surface area (Å²) in [5.74, 6) is -0.161. The number of rotatable bonds is 4. The van der Waals surface area contributed by atoms with Gasteiger partial charge in [0.1, 0.15) is 0 Å². The van der Waals surface area contributed by atoms with Crippen molar-refractivity contribution in [2.45, 2.75) is 30.7 Å². The molecular weight excluding hydrogens is 317 g/mol. The van der Waals surface area contributed by atoms with Crippen LogP contribution in [0.1, 0.15) is 25.0 Å². The highest BCUT2D eigenvalue weighted by Crippen LogP contribution is 2.42. The standard InChI is InChI=1S/C14H15Cl2NO2S/c1-8(12(18)9-5-3-2-4-6-9)17-14(19)11-7-10(15)13(16)20-11/h2-6,8,11-12,18H,7H2,1H3,(H,17,19)/t8?,11?,12-/m0/s1. The highest BCUT2D eigenvalue weighted by atomic mass is 35.5. The maximum absolute atomic E-state index is 12.1. The van der Waals surface area contributed by atoms with Gasteiger partial charge in [0.25, 0.3) is 0 Å². The van der Waals surface area contributed by atoms with Crippen molar-refractivity contribution < 1.29 is 9.90 Å². The van der Waals surface area contributed by atoms with Crippen LogP contribution in [0.3, 0.4) is 0 Å². The average molecular weight is 332 g/mol. The summed E-state index contributed by atoms with van der Waals surface area (Å²) >= 11 is 13.0. The Labute approximate surface area is 132 Å². The summed E-state index contributed by atoms with van der Waals surface area (Å²) in [5, 5.41) is 13.2. The number of carbonyl (C=O) groups is 1. The summed E-state index contributed by atoms with van der Waals surface area (Å²) in [4.78, 5) is 12.1. The Morgan fingerprint density at radius 3 is 2.60 bits per heavy atom. The average Bonchev–Trinajstić information content (AvgIpc) is 2.79. The number of hydrogen-bond acceptors (Lipinski definition) is 3. The molecule has 6 heteroatoms. The van der Waals surface area contributed by atoms with Gasteiger partial charge in [-0.1, -0.05) is 65.3 Å². The van der Waals surface area contributed by atoms with Gasteiger partial charge in [-0.2, -0.15) is 0 Å². The van der Waals surface area contributed by atoms with Crippen molar-refractivity contribution in [2.24, 2.45) is 0 Å². The van der Waals surface area contributed by atoms with E-state index in [2.05, 4.69) is 5.32 Å². The van der Waals surface area contributed by atoms with Crippen molar-refractivity contribution in [1.29, 1.82) is 0 Å². The molecule has 0 aliphatic carbocycles. The second kappa shape index (κ2) is 6.85. The fourth-order valence-electron chi connectivity index (χ4n) is 1.95. The minimum absolute atomic E-state index is 0.161. The van der Waals surface area contributed by atoms with Crippen molar-refractivity contribution in [1.82, 2.24) is 5.32 Å². The van der Waals surface area contributed by atoms with Gasteiger partial charge in [0.15, 0.2) is 0 Å². The lowest BCUT2D eigenvalue weighted by Gasteiger charge is -2.22. The summed E-state index contributed by atoms with van der Waals surface area (Å²) < 4.78 is 0.475. The van der Waals surface area contributed by atoms with Gasteiger partial charge in [0, 0.05) is 11.5 Å². The van der Waals surface area contributed by atoms with Gasteiger partial charge >= 0.3 is 0 Å². The first-order chi connectivity index (χ1) is 9.49. The normalized spacial score (nSPS) is 21.7. The van der Waals surface area contributed by atoms with Crippen molar-refractivity contribution in [2.75, 3.05) is 0 Å². The van der Waals surface area contributed by atoms with Gasteiger partial charge in [0.05, 0.1) is 21.8 Å². The van der Waals surface area contributed by atoms with Gasteiger partial charge in [-0.3, -0.25) is 4.79 Å². The molecule has 108 valence electrons. The Kier molecular flexibility index (Phi) is 5.38. The molecule has 0 saturated carbocycles. The largest absolute Gasteiger partial charge is 0.386 e. The molecule has 2 rings (SSSR count). The molecule has 20 heavy (non-hydrogen) atoms. The van der Waals surface area contributed by atoms with Crippen LogP contribution in [0.15, 0.2) is 39.7 Å². The molecule has 1 aromatic rings. The van der Waals surface area contributed by atoms with Gasteiger partial charge in [-0.25, -0.2) is 0 Å². The van der Waals surface area contributed by atoms with Crippen LogP contribution >= 0.6 is 35.0 Å². The van der Waals surface area contributed by atoms with E-state index in [1.807, 2.05) is 30.3 Å². The van der Waals surface area contributed by atoms with Crippen LogP contribution in [0, 0.1) is 0 Å². The van der Waals surface area contributed by atoms with Gasteiger partial charge in [-0.05, 0) is 12.5 Å². The lowest BCUT2D eigenvalue weighted by molar-refractivity contribution is -0.121. The number of hydrogen-bond donors (Lipinski definition) is 2. The summed E-state index contributed by atoms with van der Waals surface area (Å²) in [7, 11) is 0. The molecule has 1 aliphatic rings. The second-order valence-electron chi connectivity index (χ2n) is 4.64. The van der Waals surface area contributed by atoms with Crippen LogP contribution in [0.25, 0.3) is 0 Å². The maximum Gasteiger partial charge on any atom is 0.234 e. The first kappa shape index (κ1) is 15.7. The molecule has 1 aromatic carbocycles. The van der Waals surface area contributed by atoms with E-state index in [0.29, 0.717) is 15.8 Å². The second-order valence-corrected chi connectivity index (χ2v) is 6.91. The van der Waals surface area contributed by atoms with E-state index >= 15 is 0 Å². The maximum atomic E-state index is 12.1. The van der Waals surface area contributed by atoms with Crippen LogP contribution in [-0.4, -0.2) is 22.3 Å². The number of aliphatic hydroxyl groups excluding tert-OH is 1. The van der Waals surface area contributed by atoms with Gasteiger partial charge in [-0.15, -0.1) is 0 Å². The number of nitrogens with one attached hydrogen (secondary N) is 1. The predicted molar refractivity (Wildman–Crippen MR) is 83.7 cm³/mol. The fourth-order valence-corrected chi connectivity index (χ4v) is 3.62. The molecule has 1 heterocycles. The molecule has 0 saturated heterocycles. The SMILES string of the molecule is CC(NC(=O)C1CC(Cl)=C(Cl)S1)[C@H](O)c1ccccc1. The molecule has 0 radical (unpaired) electrons. The zero-order valence-corrected chi connectivity index (χ0v) is 13.2. The molecule has 3 nitrogen and oxygen atoms in total. The van der Waals surface area contributed by atoms with Crippen molar-refractivity contribution >= 4 is 40.9 Å². The van der Waals surface area contributed by atoms with E-state index in [1.165, 1.54) is 11.8 Å². The number of carbonyl (C=O) groups excluding carboxylic acids is 1. The Morgan fingerprint density at radius 1 is 1.40 bits per heavy atom. The minimum atomic E-state index is -0.745. The van der Waals surface area contributed by atoms with Crippen LogP contribution in [-0.2, 0) is 4.79 Å². The summed E-state index contributed by atoms with van der Waals surface area (Å²) in [6, 6.07) is 8.85. The third kappa shape index (κ3) is 3.70. The minimum Gasteiger partial charge on any atom is -0.386 e. The monoisotopic (exact) mass is 331 g/mol. The van der Waals surface area contributed by atoms with Gasteiger partial charge in [0.2, 0.25) is 5.91 Å². The molecule has 1 amide bonds. The number of aliphatic hydroxyl groups is 1. The van der Waals surface area contributed by atoms with Crippen LogP contribution in [0.2, 0.25) is 0 Å². The summed E-state index contributed by atoms with van der Waals surface area (Å²) in [5.41, 5.74) is 0.772. The Bertz CT molecular complexity index is 507. The van der Waals surface area contributed by atoms with Crippen LogP contribution in [0.5, 0.6) is 0 Å². The van der Waals surface area contributed by atoms with E-state index in [0.717, 1.165) is 5.56 Å². The first-order valence-corrected chi connectivity index (χ1v) is 7.86. The zero-order chi connectivity index (χ0) is 14.7. The molecule has 1 aliphatic heterocycles. The van der Waals surface area contributed by atoms with Crippen molar-refractivity contribution in [3.63, 3.8) is 0 Å². The molecule has 2 N–H and O–H groups in total. The zero-order valence-electron chi connectivity index (χ0n) is 10.8. The fraction of sp³-hybridized carbons (Fsp3) is 0.357. The lowest BCUT2D eigenvalue weighted by atomic mass is 10.0. The third-order valence-corrected chi connectivity index (χ3v) is 5.27. The molecule has 0 aromatic heterocycles. The Balaban J connectivity index is 1.92. The molecule has 3 atom stereocenters. The number of thioether (sulfide) groups is 1. The molecule has 2 unspecified atom stereocenters. The number of halogens is 2. The quantitative estimate of drug-likeness (QED) is 0.889. The predicted octanol–water partition coefficient (Wildman–Crippen LogP) is 3.38. The number of benzene rings is 1. The number of allylic oxidation sites excluding steroid dienone is 1. The van der Waals surface area contributed by atoms with E-state index in [1.54, 1.807) is 6.92 Å². The highest BCUT2D eigenvalue weighted by molar-refractivity contribution is 8.06. The van der Waals surface area contributed by atoms with E-state index in [-0.39, 0.29) is 17.2 Å². The Hall–Kier alpha value is -0.680.